The van der Waals surface area contributed by atoms with Crippen molar-refractivity contribution in [1.29, 1.82) is 0 Å². The molecule has 1 fully saturated rings. The van der Waals surface area contributed by atoms with Gasteiger partial charge in [0.2, 0.25) is 0 Å². The van der Waals surface area contributed by atoms with Crippen molar-refractivity contribution in [2.45, 2.75) is 51.5 Å². The maximum Gasteiger partial charge on any atom is 0.573 e. The third-order valence-electron chi connectivity index (χ3n) is 3.63. The summed E-state index contributed by atoms with van der Waals surface area (Å²) in [4.78, 5) is 12.0. The highest BCUT2D eigenvalue weighted by Crippen LogP contribution is 2.34. The molecule has 1 aliphatic heterocycles. The van der Waals surface area contributed by atoms with E-state index in [0.29, 0.717) is 0 Å². The fourth-order valence-electron chi connectivity index (χ4n) is 2.66. The van der Waals surface area contributed by atoms with Crippen molar-refractivity contribution >= 4 is 11.8 Å². The van der Waals surface area contributed by atoms with Crippen LogP contribution in [0.3, 0.4) is 0 Å². The number of hydrogen-bond donors (Lipinski definition) is 2. The summed E-state index contributed by atoms with van der Waals surface area (Å²) in [5, 5.41) is 5.62. The monoisotopic (exact) mass is 360 g/mol. The molecule has 0 radical (unpaired) electrons. The van der Waals surface area contributed by atoms with Gasteiger partial charge in [-0.25, -0.2) is 4.79 Å². The Balaban J connectivity index is 2.25. The maximum absolute atomic E-state index is 12.6. The van der Waals surface area contributed by atoms with Crippen molar-refractivity contribution in [3.63, 3.8) is 0 Å². The molecular formula is C17H23F3N2O3. The van der Waals surface area contributed by atoms with Gasteiger partial charge in [0.15, 0.2) is 5.75 Å². The topological polar surface area (TPSA) is 59.6 Å². The number of carbonyl (C=O) groups is 1. The normalized spacial score (nSPS) is 18.6. The number of anilines is 1. The average molecular weight is 360 g/mol. The molecular weight excluding hydrogens is 337 g/mol. The Morgan fingerprint density at radius 2 is 2.00 bits per heavy atom. The molecule has 0 bridgehead atoms. The molecule has 0 spiro atoms. The summed E-state index contributed by atoms with van der Waals surface area (Å²) >= 11 is 0. The fourth-order valence-corrected chi connectivity index (χ4v) is 2.66. The van der Waals surface area contributed by atoms with Crippen molar-refractivity contribution in [3.05, 3.63) is 23.8 Å². The van der Waals surface area contributed by atoms with E-state index in [1.165, 1.54) is 12.1 Å². The molecule has 1 amide bonds. The first-order valence-electron chi connectivity index (χ1n) is 8.14. The smallest absolute Gasteiger partial charge is 0.444 e. The van der Waals surface area contributed by atoms with Gasteiger partial charge in [-0.05, 0) is 63.8 Å². The van der Waals surface area contributed by atoms with Gasteiger partial charge in [-0.1, -0.05) is 6.07 Å². The van der Waals surface area contributed by atoms with Crippen LogP contribution in [0.4, 0.5) is 23.7 Å². The molecule has 5 nitrogen and oxygen atoms in total. The Hall–Kier alpha value is -1.96. The molecule has 0 aromatic heterocycles. The number of halogens is 3. The fraction of sp³-hybridized carbons (Fsp3) is 0.588. The first-order valence-corrected chi connectivity index (χ1v) is 8.14. The van der Waals surface area contributed by atoms with E-state index in [0.717, 1.165) is 31.5 Å². The molecule has 140 valence electrons. The van der Waals surface area contributed by atoms with Crippen molar-refractivity contribution < 1.29 is 27.4 Å². The number of rotatable bonds is 3. The van der Waals surface area contributed by atoms with E-state index < -0.39 is 23.8 Å². The number of nitrogens with one attached hydrogen (secondary N) is 2. The Bertz CT molecular complexity index is 606. The summed E-state index contributed by atoms with van der Waals surface area (Å²) < 4.78 is 47.0. The van der Waals surface area contributed by atoms with Gasteiger partial charge < -0.3 is 14.8 Å². The van der Waals surface area contributed by atoms with E-state index in [9.17, 15) is 18.0 Å². The third-order valence-corrected chi connectivity index (χ3v) is 3.63. The lowest BCUT2D eigenvalue weighted by molar-refractivity contribution is -0.274. The van der Waals surface area contributed by atoms with Gasteiger partial charge in [-0.3, -0.25) is 5.32 Å². The predicted molar refractivity (Wildman–Crippen MR) is 87.8 cm³/mol. The number of piperidine rings is 1. The first-order chi connectivity index (χ1) is 11.5. The van der Waals surface area contributed by atoms with Crippen LogP contribution in [0.2, 0.25) is 0 Å². The number of alkyl halides is 3. The molecule has 8 heteroatoms. The van der Waals surface area contributed by atoms with E-state index in [4.69, 9.17) is 4.74 Å². The van der Waals surface area contributed by atoms with Gasteiger partial charge in [0, 0.05) is 6.54 Å². The van der Waals surface area contributed by atoms with Gasteiger partial charge >= 0.3 is 12.5 Å². The Morgan fingerprint density at radius 1 is 1.28 bits per heavy atom. The standard InChI is InChI=1S/C17H23F3N2O3/c1-16(2,3)25-15(23)22-13-9-11(12-5-4-8-21-10-12)6-7-14(13)24-17(18,19)20/h6-7,9,12,21H,4-5,8,10H2,1-3H3,(H,22,23)/t12-/m1/s1. The number of benzene rings is 1. The minimum Gasteiger partial charge on any atom is -0.444 e. The summed E-state index contributed by atoms with van der Waals surface area (Å²) in [5.74, 6) is -0.293. The molecule has 1 heterocycles. The SMILES string of the molecule is CC(C)(C)OC(=O)Nc1cc([C@@H]2CCCNC2)ccc1OC(F)(F)F. The van der Waals surface area contributed by atoms with Crippen molar-refractivity contribution in [1.82, 2.24) is 5.32 Å². The highest BCUT2D eigenvalue weighted by Gasteiger charge is 2.33. The zero-order valence-electron chi connectivity index (χ0n) is 14.5. The van der Waals surface area contributed by atoms with Crippen LogP contribution in [0.25, 0.3) is 0 Å². The van der Waals surface area contributed by atoms with Crippen LogP contribution >= 0.6 is 0 Å². The number of amides is 1. The maximum atomic E-state index is 12.6. The van der Waals surface area contributed by atoms with Crippen molar-refractivity contribution in [3.8, 4) is 5.75 Å². The van der Waals surface area contributed by atoms with Crippen LogP contribution in [0.15, 0.2) is 18.2 Å². The Labute approximate surface area is 144 Å². The largest absolute Gasteiger partial charge is 0.573 e. The number of ether oxygens (including phenoxy) is 2. The van der Waals surface area contributed by atoms with Gasteiger partial charge in [-0.15, -0.1) is 13.2 Å². The van der Waals surface area contributed by atoms with Gasteiger partial charge in [0.25, 0.3) is 0 Å². The number of hydrogen-bond acceptors (Lipinski definition) is 4. The van der Waals surface area contributed by atoms with Crippen LogP contribution < -0.4 is 15.4 Å². The van der Waals surface area contributed by atoms with E-state index >= 15 is 0 Å². The molecule has 0 unspecified atom stereocenters. The highest BCUT2D eigenvalue weighted by atomic mass is 19.4. The second-order valence-electron chi connectivity index (χ2n) is 6.97. The predicted octanol–water partition coefficient (Wildman–Crippen LogP) is 4.40. The highest BCUT2D eigenvalue weighted by molar-refractivity contribution is 5.87. The molecule has 1 atom stereocenters. The molecule has 0 saturated carbocycles. The molecule has 1 saturated heterocycles. The Kier molecular flexibility index (Phi) is 5.82. The molecule has 1 aliphatic rings. The van der Waals surface area contributed by atoms with Crippen LogP contribution in [-0.4, -0.2) is 31.1 Å². The molecule has 1 aromatic rings. The van der Waals surface area contributed by atoms with E-state index in [1.54, 1.807) is 26.8 Å². The Morgan fingerprint density at radius 3 is 2.56 bits per heavy atom. The van der Waals surface area contributed by atoms with Crippen LogP contribution in [0, 0.1) is 0 Å². The van der Waals surface area contributed by atoms with Gasteiger partial charge in [-0.2, -0.15) is 0 Å². The second-order valence-corrected chi connectivity index (χ2v) is 6.97. The summed E-state index contributed by atoms with van der Waals surface area (Å²) in [6, 6.07) is 4.34. The average Bonchev–Trinajstić information content (AvgIpc) is 2.46. The molecule has 25 heavy (non-hydrogen) atoms. The summed E-state index contributed by atoms with van der Waals surface area (Å²) in [5.41, 5.74) is 0.0162. The number of carbonyl (C=O) groups excluding carboxylic acids is 1. The van der Waals surface area contributed by atoms with E-state index in [2.05, 4.69) is 15.4 Å². The molecule has 2 N–H and O–H groups in total. The van der Waals surface area contributed by atoms with Crippen molar-refractivity contribution in [2.75, 3.05) is 18.4 Å². The lowest BCUT2D eigenvalue weighted by Gasteiger charge is -2.25. The summed E-state index contributed by atoms with van der Waals surface area (Å²) in [7, 11) is 0. The molecule has 0 aliphatic carbocycles. The zero-order valence-corrected chi connectivity index (χ0v) is 14.5. The second kappa shape index (κ2) is 7.51. The zero-order chi connectivity index (χ0) is 18.7. The van der Waals surface area contributed by atoms with E-state index in [1.807, 2.05) is 0 Å². The summed E-state index contributed by atoms with van der Waals surface area (Å²) in [6.07, 6.45) is -3.77. The first kappa shape index (κ1) is 19.4. The molecule has 1 aromatic carbocycles. The lowest BCUT2D eigenvalue weighted by atomic mass is 9.91. The van der Waals surface area contributed by atoms with Crippen LogP contribution in [-0.2, 0) is 4.74 Å². The van der Waals surface area contributed by atoms with E-state index in [-0.39, 0.29) is 11.6 Å². The summed E-state index contributed by atoms with van der Waals surface area (Å²) in [6.45, 7) is 6.68. The van der Waals surface area contributed by atoms with Crippen molar-refractivity contribution in [2.24, 2.45) is 0 Å². The minimum absolute atomic E-state index is 0.0605. The minimum atomic E-state index is -4.85. The van der Waals surface area contributed by atoms with Crippen LogP contribution in [0.5, 0.6) is 5.75 Å². The third kappa shape index (κ3) is 6.45. The van der Waals surface area contributed by atoms with Crippen LogP contribution in [0.1, 0.15) is 45.1 Å². The molecule has 2 rings (SSSR count). The van der Waals surface area contributed by atoms with Gasteiger partial charge in [0.1, 0.15) is 5.60 Å². The van der Waals surface area contributed by atoms with Gasteiger partial charge in [0.05, 0.1) is 5.69 Å². The lowest BCUT2D eigenvalue weighted by Crippen LogP contribution is -2.29. The quantitative estimate of drug-likeness (QED) is 0.839.